The van der Waals surface area contributed by atoms with Gasteiger partial charge in [0.15, 0.2) is 0 Å². The number of hydrogen-bond donors (Lipinski definition) is 1. The van der Waals surface area contributed by atoms with Crippen molar-refractivity contribution in [3.63, 3.8) is 0 Å². The number of carbonyl (C=O) groups is 1. The molecule has 0 radical (unpaired) electrons. The number of amides is 1. The molecule has 1 amide bonds. The summed E-state index contributed by atoms with van der Waals surface area (Å²) in [7, 11) is 0. The van der Waals surface area contributed by atoms with Gasteiger partial charge in [0.25, 0.3) is 5.69 Å². The Hall–Kier alpha value is -3.15. The molecule has 0 aliphatic carbocycles. The Morgan fingerprint density at radius 2 is 2.04 bits per heavy atom. The molecular formula is C18H18N2O4. The summed E-state index contributed by atoms with van der Waals surface area (Å²) in [4.78, 5) is 22.1. The van der Waals surface area contributed by atoms with E-state index in [-0.39, 0.29) is 11.6 Å². The van der Waals surface area contributed by atoms with E-state index in [0.29, 0.717) is 18.7 Å². The zero-order valence-electron chi connectivity index (χ0n) is 13.3. The molecule has 0 unspecified atom stereocenters. The largest absolute Gasteiger partial charge is 0.494 e. The summed E-state index contributed by atoms with van der Waals surface area (Å²) >= 11 is 0. The van der Waals surface area contributed by atoms with Gasteiger partial charge in [-0.1, -0.05) is 24.3 Å². The van der Waals surface area contributed by atoms with E-state index in [1.54, 1.807) is 18.2 Å². The van der Waals surface area contributed by atoms with Crippen molar-refractivity contribution in [1.82, 2.24) is 5.32 Å². The first-order valence-electron chi connectivity index (χ1n) is 7.50. The Balaban J connectivity index is 1.92. The molecule has 2 aromatic rings. The van der Waals surface area contributed by atoms with Crippen LogP contribution in [0.2, 0.25) is 0 Å². The van der Waals surface area contributed by atoms with Gasteiger partial charge in [0, 0.05) is 24.8 Å². The van der Waals surface area contributed by atoms with E-state index < -0.39 is 4.92 Å². The van der Waals surface area contributed by atoms with Crippen LogP contribution in [0.1, 0.15) is 18.1 Å². The molecule has 0 saturated carbocycles. The summed E-state index contributed by atoms with van der Waals surface area (Å²) in [6, 6.07) is 13.6. The molecule has 0 fully saturated rings. The van der Waals surface area contributed by atoms with Crippen molar-refractivity contribution < 1.29 is 14.5 Å². The van der Waals surface area contributed by atoms with Crippen molar-refractivity contribution in [3.05, 3.63) is 75.8 Å². The Morgan fingerprint density at radius 3 is 2.79 bits per heavy atom. The molecule has 2 aromatic carbocycles. The van der Waals surface area contributed by atoms with Crippen LogP contribution in [0.3, 0.4) is 0 Å². The van der Waals surface area contributed by atoms with Crippen LogP contribution in [0.5, 0.6) is 5.75 Å². The highest BCUT2D eigenvalue weighted by Crippen LogP contribution is 2.14. The molecule has 0 aliphatic heterocycles. The Kier molecular flexibility index (Phi) is 6.08. The van der Waals surface area contributed by atoms with Crippen molar-refractivity contribution in [2.24, 2.45) is 0 Å². The Morgan fingerprint density at radius 1 is 1.25 bits per heavy atom. The van der Waals surface area contributed by atoms with Gasteiger partial charge in [-0.05, 0) is 36.3 Å². The average Bonchev–Trinajstić information content (AvgIpc) is 2.59. The SMILES string of the molecule is CCOc1cccc(CNC(=O)/C=C/c2cccc([N+](=O)[O-])c2)c1. The molecule has 0 bridgehead atoms. The number of rotatable bonds is 7. The number of nitrogens with zero attached hydrogens (tertiary/aromatic N) is 1. The van der Waals surface area contributed by atoms with E-state index in [2.05, 4.69) is 5.32 Å². The maximum atomic E-state index is 11.9. The second-order valence-electron chi connectivity index (χ2n) is 4.98. The normalized spacial score (nSPS) is 10.5. The second-order valence-corrected chi connectivity index (χ2v) is 4.98. The molecule has 0 heterocycles. The fourth-order valence-electron chi connectivity index (χ4n) is 2.07. The number of nitro benzene ring substituents is 1. The van der Waals surface area contributed by atoms with Gasteiger partial charge in [-0.25, -0.2) is 0 Å². The van der Waals surface area contributed by atoms with Crippen molar-refractivity contribution in [1.29, 1.82) is 0 Å². The van der Waals surface area contributed by atoms with Gasteiger partial charge in [0.1, 0.15) is 5.75 Å². The van der Waals surface area contributed by atoms with Crippen LogP contribution in [0.25, 0.3) is 6.08 Å². The third kappa shape index (κ3) is 5.24. The minimum atomic E-state index is -0.469. The molecule has 2 rings (SSSR count). The topological polar surface area (TPSA) is 81.5 Å². The molecule has 124 valence electrons. The summed E-state index contributed by atoms with van der Waals surface area (Å²) < 4.78 is 5.41. The lowest BCUT2D eigenvalue weighted by molar-refractivity contribution is -0.384. The van der Waals surface area contributed by atoms with Crippen molar-refractivity contribution >= 4 is 17.7 Å². The second kappa shape index (κ2) is 8.47. The van der Waals surface area contributed by atoms with Crippen LogP contribution >= 0.6 is 0 Å². The summed E-state index contributed by atoms with van der Waals surface area (Å²) in [5.74, 6) is 0.486. The summed E-state index contributed by atoms with van der Waals surface area (Å²) in [6.07, 6.45) is 2.89. The maximum Gasteiger partial charge on any atom is 0.270 e. The first kappa shape index (κ1) is 17.2. The molecule has 0 saturated heterocycles. The highest BCUT2D eigenvalue weighted by Gasteiger charge is 2.04. The van der Waals surface area contributed by atoms with Gasteiger partial charge in [-0.3, -0.25) is 14.9 Å². The van der Waals surface area contributed by atoms with Crippen LogP contribution in [0.4, 0.5) is 5.69 Å². The fourth-order valence-corrected chi connectivity index (χ4v) is 2.07. The van der Waals surface area contributed by atoms with Gasteiger partial charge in [-0.15, -0.1) is 0 Å². The van der Waals surface area contributed by atoms with E-state index >= 15 is 0 Å². The van der Waals surface area contributed by atoms with E-state index in [4.69, 9.17) is 4.74 Å². The van der Waals surface area contributed by atoms with Gasteiger partial charge >= 0.3 is 0 Å². The summed E-state index contributed by atoms with van der Waals surface area (Å²) in [6.45, 7) is 2.87. The fraction of sp³-hybridized carbons (Fsp3) is 0.167. The van der Waals surface area contributed by atoms with Crippen molar-refractivity contribution in [3.8, 4) is 5.75 Å². The van der Waals surface area contributed by atoms with Crippen LogP contribution in [0.15, 0.2) is 54.6 Å². The van der Waals surface area contributed by atoms with E-state index in [9.17, 15) is 14.9 Å². The van der Waals surface area contributed by atoms with Crippen LogP contribution in [0, 0.1) is 10.1 Å². The number of hydrogen-bond acceptors (Lipinski definition) is 4. The zero-order valence-corrected chi connectivity index (χ0v) is 13.3. The number of carbonyl (C=O) groups excluding carboxylic acids is 1. The van der Waals surface area contributed by atoms with Crippen molar-refractivity contribution in [2.75, 3.05) is 6.61 Å². The predicted octanol–water partition coefficient (Wildman–Crippen LogP) is 3.32. The third-order valence-electron chi connectivity index (χ3n) is 3.18. The number of ether oxygens (including phenoxy) is 1. The van der Waals surface area contributed by atoms with E-state index in [0.717, 1.165) is 11.3 Å². The molecule has 1 N–H and O–H groups in total. The number of nitrogens with one attached hydrogen (secondary N) is 1. The number of non-ortho nitro benzene ring substituents is 1. The van der Waals surface area contributed by atoms with Crippen LogP contribution < -0.4 is 10.1 Å². The monoisotopic (exact) mass is 326 g/mol. The molecule has 6 nitrogen and oxygen atoms in total. The average molecular weight is 326 g/mol. The minimum Gasteiger partial charge on any atom is -0.494 e. The standard InChI is InChI=1S/C18H18N2O4/c1-2-24-17-8-4-6-15(12-17)13-19-18(21)10-9-14-5-3-7-16(11-14)20(22)23/h3-12H,2,13H2,1H3,(H,19,21)/b10-9+. The van der Waals surface area contributed by atoms with Gasteiger partial charge < -0.3 is 10.1 Å². The lowest BCUT2D eigenvalue weighted by Crippen LogP contribution is -2.20. The molecule has 24 heavy (non-hydrogen) atoms. The lowest BCUT2D eigenvalue weighted by atomic mass is 10.2. The zero-order chi connectivity index (χ0) is 17.4. The van der Waals surface area contributed by atoms with E-state index in [1.165, 1.54) is 18.2 Å². The highest BCUT2D eigenvalue weighted by molar-refractivity contribution is 5.91. The van der Waals surface area contributed by atoms with E-state index in [1.807, 2.05) is 31.2 Å². The molecular weight excluding hydrogens is 308 g/mol. The summed E-state index contributed by atoms with van der Waals surface area (Å²) in [5, 5.41) is 13.5. The van der Waals surface area contributed by atoms with Gasteiger partial charge in [-0.2, -0.15) is 0 Å². The Bertz CT molecular complexity index is 756. The maximum absolute atomic E-state index is 11.9. The minimum absolute atomic E-state index is 0.00898. The molecule has 0 aliphatic rings. The summed E-state index contributed by atoms with van der Waals surface area (Å²) in [5.41, 5.74) is 1.51. The van der Waals surface area contributed by atoms with Crippen LogP contribution in [-0.4, -0.2) is 17.4 Å². The smallest absolute Gasteiger partial charge is 0.270 e. The molecule has 0 aromatic heterocycles. The lowest BCUT2D eigenvalue weighted by Gasteiger charge is -2.06. The van der Waals surface area contributed by atoms with Crippen LogP contribution in [-0.2, 0) is 11.3 Å². The number of nitro groups is 1. The molecule has 0 atom stereocenters. The van der Waals surface area contributed by atoms with Gasteiger partial charge in [0.05, 0.1) is 11.5 Å². The van der Waals surface area contributed by atoms with Gasteiger partial charge in [0.2, 0.25) is 5.91 Å². The third-order valence-corrected chi connectivity index (χ3v) is 3.18. The highest BCUT2D eigenvalue weighted by atomic mass is 16.6. The predicted molar refractivity (Wildman–Crippen MR) is 91.6 cm³/mol. The molecule has 6 heteroatoms. The van der Waals surface area contributed by atoms with Crippen molar-refractivity contribution in [2.45, 2.75) is 13.5 Å². The first-order chi connectivity index (χ1) is 11.6. The first-order valence-corrected chi connectivity index (χ1v) is 7.50. The quantitative estimate of drug-likeness (QED) is 0.481. The Labute approximate surface area is 139 Å². The number of benzene rings is 2. The molecule has 0 spiro atoms.